The lowest BCUT2D eigenvalue weighted by molar-refractivity contribution is 0.706. The lowest BCUT2D eigenvalue weighted by Crippen LogP contribution is -2.01. The molecule has 1 aromatic heterocycles. The van der Waals surface area contributed by atoms with Crippen LogP contribution in [0.1, 0.15) is 30.5 Å². The van der Waals surface area contributed by atoms with Crippen molar-refractivity contribution in [3.05, 3.63) is 46.6 Å². The third-order valence-electron chi connectivity index (χ3n) is 3.48. The van der Waals surface area contributed by atoms with Crippen molar-refractivity contribution in [1.29, 1.82) is 0 Å². The molecule has 0 saturated carbocycles. The predicted molar refractivity (Wildman–Crippen MR) is 73.7 cm³/mol. The first-order valence-corrected chi connectivity index (χ1v) is 6.83. The van der Waals surface area contributed by atoms with Gasteiger partial charge in [-0.1, -0.05) is 48.4 Å². The van der Waals surface area contributed by atoms with Crippen LogP contribution in [0.4, 0.5) is 0 Å². The summed E-state index contributed by atoms with van der Waals surface area (Å²) < 4.78 is 0. The van der Waals surface area contributed by atoms with E-state index in [2.05, 4.69) is 10.2 Å². The smallest absolute Gasteiger partial charge is 0.112 e. The fourth-order valence-corrected chi connectivity index (χ4v) is 2.84. The summed E-state index contributed by atoms with van der Waals surface area (Å²) in [4.78, 5) is 0. The van der Waals surface area contributed by atoms with E-state index < -0.39 is 0 Å². The molecule has 0 bridgehead atoms. The van der Waals surface area contributed by atoms with Crippen LogP contribution in [-0.2, 0) is 12.8 Å². The molecule has 0 amide bonds. The quantitative estimate of drug-likeness (QED) is 0.721. The highest BCUT2D eigenvalue weighted by atomic mass is 35.5. The second-order valence-electron chi connectivity index (χ2n) is 4.71. The molecule has 3 rings (SSSR count). The zero-order valence-corrected chi connectivity index (χ0v) is 11.0. The van der Waals surface area contributed by atoms with E-state index in [9.17, 15) is 0 Å². The monoisotopic (exact) mass is 258 g/mol. The van der Waals surface area contributed by atoms with E-state index in [0.717, 1.165) is 34.8 Å². The van der Waals surface area contributed by atoms with Crippen molar-refractivity contribution in [2.24, 2.45) is 0 Å². The van der Waals surface area contributed by atoms with Gasteiger partial charge in [-0.05, 0) is 31.2 Å². The van der Waals surface area contributed by atoms with Gasteiger partial charge in [0.1, 0.15) is 5.69 Å². The Morgan fingerprint density at radius 1 is 0.889 bits per heavy atom. The third-order valence-corrected chi connectivity index (χ3v) is 3.89. The van der Waals surface area contributed by atoms with Crippen LogP contribution >= 0.6 is 11.6 Å². The molecule has 3 heteroatoms. The third kappa shape index (κ3) is 2.13. The van der Waals surface area contributed by atoms with Gasteiger partial charge in [-0.15, -0.1) is 5.10 Å². The summed E-state index contributed by atoms with van der Waals surface area (Å²) in [5.41, 5.74) is 4.17. The fraction of sp³-hybridized carbons (Fsp3) is 0.333. The molecule has 0 fully saturated rings. The molecule has 0 unspecified atom stereocenters. The van der Waals surface area contributed by atoms with Gasteiger partial charge in [-0.25, -0.2) is 0 Å². The summed E-state index contributed by atoms with van der Waals surface area (Å²) in [6.45, 7) is 0. The van der Waals surface area contributed by atoms with E-state index in [1.165, 1.54) is 24.8 Å². The Balaban J connectivity index is 2.10. The average molecular weight is 259 g/mol. The number of benzene rings is 1. The van der Waals surface area contributed by atoms with Crippen molar-refractivity contribution in [2.45, 2.75) is 32.1 Å². The Morgan fingerprint density at radius 3 is 2.50 bits per heavy atom. The van der Waals surface area contributed by atoms with Gasteiger partial charge in [0, 0.05) is 5.56 Å². The largest absolute Gasteiger partial charge is 0.155 e. The Hall–Kier alpha value is -1.41. The summed E-state index contributed by atoms with van der Waals surface area (Å²) in [6.07, 6.45) is 5.70. The highest BCUT2D eigenvalue weighted by Gasteiger charge is 2.17. The summed E-state index contributed by atoms with van der Waals surface area (Å²) in [5, 5.41) is 9.50. The molecule has 2 aromatic rings. The molecule has 0 N–H and O–H groups in total. The number of aromatic nitrogens is 2. The minimum absolute atomic E-state index is 0.799. The zero-order chi connectivity index (χ0) is 12.4. The number of hydrogen-bond donors (Lipinski definition) is 0. The van der Waals surface area contributed by atoms with E-state index in [0.29, 0.717) is 0 Å². The van der Waals surface area contributed by atoms with Crippen molar-refractivity contribution in [1.82, 2.24) is 10.2 Å². The van der Waals surface area contributed by atoms with Crippen LogP contribution in [0.3, 0.4) is 0 Å². The molecule has 0 saturated heterocycles. The Morgan fingerprint density at radius 2 is 1.67 bits per heavy atom. The molecule has 0 radical (unpaired) electrons. The van der Waals surface area contributed by atoms with Crippen LogP contribution in [0.15, 0.2) is 30.3 Å². The van der Waals surface area contributed by atoms with Crippen molar-refractivity contribution < 1.29 is 0 Å². The molecule has 1 heterocycles. The normalized spacial score (nSPS) is 14.9. The maximum absolute atomic E-state index is 6.53. The van der Waals surface area contributed by atoms with E-state index in [1.54, 1.807) is 0 Å². The molecule has 0 atom stereocenters. The molecule has 92 valence electrons. The van der Waals surface area contributed by atoms with Crippen molar-refractivity contribution in [3.8, 4) is 11.3 Å². The lowest BCUT2D eigenvalue weighted by Gasteiger charge is -2.10. The van der Waals surface area contributed by atoms with Crippen LogP contribution < -0.4 is 0 Å². The van der Waals surface area contributed by atoms with Gasteiger partial charge in [0.15, 0.2) is 0 Å². The molecule has 1 aliphatic carbocycles. The average Bonchev–Trinajstić information content (AvgIpc) is 2.66. The molecule has 0 spiro atoms. The second-order valence-corrected chi connectivity index (χ2v) is 5.09. The molecular weight excluding hydrogens is 244 g/mol. The number of halogens is 1. The van der Waals surface area contributed by atoms with Gasteiger partial charge < -0.3 is 0 Å². The fourth-order valence-electron chi connectivity index (χ4n) is 2.49. The summed E-state index contributed by atoms with van der Waals surface area (Å²) >= 11 is 6.53. The van der Waals surface area contributed by atoms with Gasteiger partial charge >= 0.3 is 0 Å². The molecule has 2 nitrogen and oxygen atoms in total. The van der Waals surface area contributed by atoms with Gasteiger partial charge in [-0.3, -0.25) is 0 Å². The van der Waals surface area contributed by atoms with Crippen molar-refractivity contribution in [3.63, 3.8) is 0 Å². The van der Waals surface area contributed by atoms with Crippen molar-refractivity contribution in [2.75, 3.05) is 0 Å². The molecule has 1 aromatic carbocycles. The van der Waals surface area contributed by atoms with E-state index in [1.807, 2.05) is 30.3 Å². The van der Waals surface area contributed by atoms with Gasteiger partial charge in [-0.2, -0.15) is 5.10 Å². The minimum Gasteiger partial charge on any atom is -0.155 e. The number of fused-ring (bicyclic) bond motifs is 1. The highest BCUT2D eigenvalue weighted by molar-refractivity contribution is 6.33. The van der Waals surface area contributed by atoms with Crippen LogP contribution in [-0.4, -0.2) is 10.2 Å². The predicted octanol–water partition coefficient (Wildman–Crippen LogP) is 4.07. The minimum atomic E-state index is 0.799. The Kier molecular flexibility index (Phi) is 3.28. The summed E-state index contributed by atoms with van der Waals surface area (Å²) in [6, 6.07) is 10.0. The topological polar surface area (TPSA) is 25.8 Å². The molecular formula is C15H15ClN2. The second kappa shape index (κ2) is 5.07. The number of nitrogens with zero attached hydrogens (tertiary/aromatic N) is 2. The van der Waals surface area contributed by atoms with E-state index in [-0.39, 0.29) is 0 Å². The van der Waals surface area contributed by atoms with E-state index in [4.69, 9.17) is 11.6 Å². The lowest BCUT2D eigenvalue weighted by atomic mass is 10.1. The number of rotatable bonds is 1. The summed E-state index contributed by atoms with van der Waals surface area (Å²) in [5.74, 6) is 0. The van der Waals surface area contributed by atoms with Crippen molar-refractivity contribution >= 4 is 11.6 Å². The maximum atomic E-state index is 6.53. The van der Waals surface area contributed by atoms with Crippen LogP contribution in [0.2, 0.25) is 5.02 Å². The number of aryl methyl sites for hydroxylation is 1. The Bertz CT molecular complexity index is 552. The maximum Gasteiger partial charge on any atom is 0.112 e. The summed E-state index contributed by atoms with van der Waals surface area (Å²) in [7, 11) is 0. The van der Waals surface area contributed by atoms with Gasteiger partial charge in [0.2, 0.25) is 0 Å². The zero-order valence-electron chi connectivity index (χ0n) is 10.2. The molecule has 18 heavy (non-hydrogen) atoms. The van der Waals surface area contributed by atoms with Gasteiger partial charge in [0.25, 0.3) is 0 Å². The first-order valence-electron chi connectivity index (χ1n) is 6.45. The van der Waals surface area contributed by atoms with E-state index >= 15 is 0 Å². The first-order chi connectivity index (χ1) is 8.86. The SMILES string of the molecule is Clc1c(-c2ccccc2)nnc2c1CCCCC2. The van der Waals surface area contributed by atoms with Crippen LogP contribution in [0.5, 0.6) is 0 Å². The molecule has 1 aliphatic rings. The van der Waals surface area contributed by atoms with Crippen LogP contribution in [0.25, 0.3) is 11.3 Å². The van der Waals surface area contributed by atoms with Crippen LogP contribution in [0, 0.1) is 0 Å². The highest BCUT2D eigenvalue weighted by Crippen LogP contribution is 2.32. The number of hydrogen-bond acceptors (Lipinski definition) is 2. The first kappa shape index (κ1) is 11.7. The van der Waals surface area contributed by atoms with Gasteiger partial charge in [0.05, 0.1) is 10.7 Å². The Labute approximate surface area is 112 Å². The molecule has 0 aliphatic heterocycles. The standard InChI is InChI=1S/C15H15ClN2/c16-14-12-9-5-2-6-10-13(12)17-18-15(14)11-7-3-1-4-8-11/h1,3-4,7-8H,2,5-6,9-10H2.